The third kappa shape index (κ3) is 30.2. The van der Waals surface area contributed by atoms with Gasteiger partial charge in [0.25, 0.3) is 11.8 Å². The van der Waals surface area contributed by atoms with E-state index in [-0.39, 0.29) is 124 Å². The molecule has 622 valence electrons. The number of anilines is 11. The number of benzene rings is 4. The number of pyridine rings is 4. The zero-order valence-electron chi connectivity index (χ0n) is 66.2. The standard InChI is InChI=1S/C23H28FN5O2.2C18H22FN5O.C17H22ClFN4O2.C6H7N.C2H6.CH4/c1-23(2,3)31-22(30)28-19-12-8-7-11-18(19)27-21-17(24)13-15(14-25)20(29-21)26-16-9-5-4-6-10-16;2*19-13-10-12(16(21)25)17(22-11-6-2-1-3-7-11)24-18(13)23-15-9-5-4-8-14(15)20;1-17(2,3)25-16(24)22-13-7-5-4-6-12(13)21-15-11(19)8-10(9-20)14(18)23-15;7-6-4-2-1-3-5-6;1-2;/h4-6,9-10,13,18-19H,7-8,11-12H2,1-3H3,(H,28,30)(H2,26,27,29);2*1-3,6-7,10,14-15H,4-5,8-9,20H2,(H2,21,25)(H2,22,23,24);8,12-13H,4-7H2,1-3H3,(H,21,23)(H,22,24);1-5H,7H2;1-2H3;1H4/t18-,19+;2*14-,15+;12-,13+;;;/m1001.../s1. The molecule has 4 aromatic carbocycles. The highest BCUT2D eigenvalue weighted by atomic mass is 35.5. The summed E-state index contributed by atoms with van der Waals surface area (Å²) < 4.78 is 68.3. The molecular formula is C85H111ClF4N20O6. The maximum atomic E-state index is 14.7. The SMILES string of the molecule is C.CC.CC(C)(C)OC(=O)N[C@H]1CCCC[C@H]1Nc1nc(Cl)c(C#N)cc1F.CC(C)(C)OC(=O)N[C@H]1CCCC[C@H]1Nc1nc(Nc2ccccc2)c(C#N)cc1F.NC(=O)c1cc(F)c(N[C@@H]2CCCC[C@@H]2N)nc1Nc1ccccc1.NC(=O)c1cc(F)c(N[C@@H]2CCCC[C@@H]2N)nc1Nc1ccccc1.Nc1ccccc1. The van der Waals surface area contributed by atoms with Gasteiger partial charge in [-0.05, 0) is 166 Å². The highest BCUT2D eigenvalue weighted by Gasteiger charge is 2.33. The van der Waals surface area contributed by atoms with Crippen molar-refractivity contribution in [3.8, 4) is 12.1 Å². The van der Waals surface area contributed by atoms with Crippen molar-refractivity contribution in [1.82, 2.24) is 30.6 Å². The van der Waals surface area contributed by atoms with Crippen LogP contribution in [0, 0.1) is 45.9 Å². The number of nitriles is 2. The fourth-order valence-electron chi connectivity index (χ4n) is 12.8. The van der Waals surface area contributed by atoms with Crippen LogP contribution in [0.25, 0.3) is 0 Å². The van der Waals surface area contributed by atoms with Gasteiger partial charge in [-0.2, -0.15) is 10.5 Å². The largest absolute Gasteiger partial charge is 0.444 e. The summed E-state index contributed by atoms with van der Waals surface area (Å²) in [5.41, 5.74) is 30.2. The van der Waals surface area contributed by atoms with Crippen LogP contribution in [0.5, 0.6) is 0 Å². The van der Waals surface area contributed by atoms with Crippen molar-refractivity contribution < 1.29 is 46.2 Å². The highest BCUT2D eigenvalue weighted by Crippen LogP contribution is 2.33. The molecule has 0 unspecified atom stereocenters. The number of nitrogens with zero attached hydrogens (tertiary/aromatic N) is 6. The van der Waals surface area contributed by atoms with Gasteiger partial charge in [-0.15, -0.1) is 0 Å². The Labute approximate surface area is 682 Å². The molecule has 0 saturated heterocycles. The number of primary amides is 2. The summed E-state index contributed by atoms with van der Waals surface area (Å²) in [6.07, 6.45) is 13.6. The number of carbonyl (C=O) groups excluding carboxylic acids is 4. The smallest absolute Gasteiger partial charge is 0.407 e. The summed E-state index contributed by atoms with van der Waals surface area (Å²) >= 11 is 5.88. The summed E-state index contributed by atoms with van der Waals surface area (Å²) in [5.74, 6) is -3.13. The van der Waals surface area contributed by atoms with E-state index in [1.807, 2.05) is 141 Å². The molecule has 4 aromatic heterocycles. The van der Waals surface area contributed by atoms with Gasteiger partial charge in [0.1, 0.15) is 40.1 Å². The molecule has 31 heteroatoms. The summed E-state index contributed by atoms with van der Waals surface area (Å²) in [6, 6.07) is 44.3. The summed E-state index contributed by atoms with van der Waals surface area (Å²) in [4.78, 5) is 64.4. The summed E-state index contributed by atoms with van der Waals surface area (Å²) in [7, 11) is 0. The fourth-order valence-corrected chi connectivity index (χ4v) is 13.0. The second-order valence-electron chi connectivity index (χ2n) is 29.6. The molecule has 4 fully saturated rings. The molecule has 4 heterocycles. The van der Waals surface area contributed by atoms with Gasteiger partial charge in [0.2, 0.25) is 0 Å². The van der Waals surface area contributed by atoms with Crippen LogP contribution < -0.4 is 76.5 Å². The predicted molar refractivity (Wildman–Crippen MR) is 452 cm³/mol. The Kier molecular flexibility index (Phi) is 36.9. The Morgan fingerprint density at radius 1 is 0.422 bits per heavy atom. The van der Waals surface area contributed by atoms with Crippen LogP contribution in [0.1, 0.15) is 197 Å². The van der Waals surface area contributed by atoms with Crippen LogP contribution >= 0.6 is 11.6 Å². The number of alkyl carbamates (subject to hydrolysis) is 2. The minimum absolute atomic E-state index is 0. The molecule has 4 amide bonds. The van der Waals surface area contributed by atoms with Crippen LogP contribution in [0.2, 0.25) is 5.15 Å². The van der Waals surface area contributed by atoms with Gasteiger partial charge in [-0.25, -0.2) is 47.1 Å². The van der Waals surface area contributed by atoms with Crippen LogP contribution in [0.4, 0.5) is 90.6 Å². The maximum Gasteiger partial charge on any atom is 0.407 e. The normalized spacial score (nSPS) is 18.6. The zero-order valence-corrected chi connectivity index (χ0v) is 67.0. The lowest BCUT2D eigenvalue weighted by molar-refractivity contribution is 0.0477. The first kappa shape index (κ1) is 93.1. The summed E-state index contributed by atoms with van der Waals surface area (Å²) in [5, 5.41) is 45.4. The molecule has 0 radical (unpaired) electrons. The minimum Gasteiger partial charge on any atom is -0.444 e. The van der Waals surface area contributed by atoms with Gasteiger partial charge in [0.05, 0.1) is 34.3 Å². The van der Waals surface area contributed by atoms with Crippen molar-refractivity contribution in [3.63, 3.8) is 0 Å². The molecule has 4 aliphatic carbocycles. The number of amides is 4. The minimum atomic E-state index is -0.745. The molecule has 26 nitrogen and oxygen atoms in total. The van der Waals surface area contributed by atoms with E-state index in [9.17, 15) is 42.0 Å². The molecular weight excluding hydrogens is 1510 g/mol. The molecule has 0 aliphatic heterocycles. The van der Waals surface area contributed by atoms with Gasteiger partial charge >= 0.3 is 12.2 Å². The topological polar surface area (TPSA) is 424 Å². The molecule has 4 saturated carbocycles. The van der Waals surface area contributed by atoms with Crippen molar-refractivity contribution in [2.24, 2.45) is 22.9 Å². The summed E-state index contributed by atoms with van der Waals surface area (Å²) in [6.45, 7) is 14.8. The van der Waals surface area contributed by atoms with E-state index in [0.29, 0.717) is 0 Å². The first-order valence-corrected chi connectivity index (χ1v) is 39.0. The molecule has 8 aromatic rings. The highest BCUT2D eigenvalue weighted by molar-refractivity contribution is 6.30. The van der Waals surface area contributed by atoms with Crippen molar-refractivity contribution in [2.45, 2.75) is 225 Å². The molecule has 12 rings (SSSR count). The van der Waals surface area contributed by atoms with Crippen LogP contribution in [-0.4, -0.2) is 103 Å². The van der Waals surface area contributed by atoms with E-state index in [2.05, 4.69) is 67.8 Å². The van der Waals surface area contributed by atoms with E-state index in [1.165, 1.54) is 6.07 Å². The van der Waals surface area contributed by atoms with Crippen molar-refractivity contribution in [2.75, 3.05) is 43.0 Å². The number of nitrogens with one attached hydrogen (secondary N) is 9. The fraction of sp³-hybridized carbons (Fsp3) is 0.412. The lowest BCUT2D eigenvalue weighted by Gasteiger charge is -2.33. The zero-order chi connectivity index (χ0) is 83.8. The number of ether oxygens (including phenoxy) is 2. The molecule has 19 N–H and O–H groups in total. The van der Waals surface area contributed by atoms with Crippen LogP contribution in [-0.2, 0) is 9.47 Å². The molecule has 0 bridgehead atoms. The third-order valence-electron chi connectivity index (χ3n) is 18.4. The Morgan fingerprint density at radius 3 is 1.03 bits per heavy atom. The number of para-hydroxylation sites is 4. The van der Waals surface area contributed by atoms with Crippen molar-refractivity contribution >= 4 is 99.1 Å². The third-order valence-corrected chi connectivity index (χ3v) is 18.7. The van der Waals surface area contributed by atoms with E-state index >= 15 is 0 Å². The van der Waals surface area contributed by atoms with Gasteiger partial charge in [-0.3, -0.25) is 9.59 Å². The average molecular weight is 1620 g/mol. The Bertz CT molecular complexity index is 4410. The number of hydrogen-bond acceptors (Lipinski definition) is 22. The molecule has 116 heavy (non-hydrogen) atoms. The molecule has 4 aliphatic rings. The second-order valence-corrected chi connectivity index (χ2v) is 30.0. The van der Waals surface area contributed by atoms with Crippen LogP contribution in [0.15, 0.2) is 146 Å². The average Bonchev–Trinajstić information content (AvgIpc) is 0.822. The Hall–Kier alpha value is -11.7. The van der Waals surface area contributed by atoms with Gasteiger partial charge < -0.3 is 86.0 Å². The Balaban J connectivity index is 0.000000232. The van der Waals surface area contributed by atoms with Crippen LogP contribution in [0.3, 0.4) is 0 Å². The number of nitrogen functional groups attached to an aromatic ring is 1. The molecule has 0 spiro atoms. The number of nitrogens with two attached hydrogens (primary N) is 5. The maximum absolute atomic E-state index is 14.7. The van der Waals surface area contributed by atoms with E-state index in [4.69, 9.17) is 55.0 Å². The first-order valence-electron chi connectivity index (χ1n) is 38.6. The number of aromatic nitrogens is 4. The van der Waals surface area contributed by atoms with E-state index < -0.39 is 58.5 Å². The lowest BCUT2D eigenvalue weighted by atomic mass is 9.90. The number of rotatable bonds is 18. The van der Waals surface area contributed by atoms with Gasteiger partial charge in [0.15, 0.2) is 52.4 Å². The number of hydrogen-bond donors (Lipinski definition) is 14. The monoisotopic (exact) mass is 1620 g/mol. The van der Waals surface area contributed by atoms with Gasteiger partial charge in [-0.1, -0.05) is 157 Å². The van der Waals surface area contributed by atoms with Crippen molar-refractivity contribution in [1.29, 1.82) is 10.5 Å². The van der Waals surface area contributed by atoms with E-state index in [1.54, 1.807) is 47.6 Å². The first-order chi connectivity index (χ1) is 54.9. The second kappa shape index (κ2) is 46.0. The van der Waals surface area contributed by atoms with Crippen molar-refractivity contribution in [3.05, 3.63) is 196 Å². The molecule has 8 atom stereocenters. The van der Waals surface area contributed by atoms with Gasteiger partial charge in [0, 0.05) is 59.0 Å². The lowest BCUT2D eigenvalue weighted by Crippen LogP contribution is -2.50. The quantitative estimate of drug-likeness (QED) is 0.0215. The number of carbonyl (C=O) groups is 4. The van der Waals surface area contributed by atoms with E-state index in [0.717, 1.165) is 144 Å². The predicted octanol–water partition coefficient (Wildman–Crippen LogP) is 17.5. The number of halogens is 5. The Morgan fingerprint density at radius 2 is 0.707 bits per heavy atom.